The van der Waals surface area contributed by atoms with Crippen molar-refractivity contribution >= 4 is 27.5 Å². The summed E-state index contributed by atoms with van der Waals surface area (Å²) in [5.41, 5.74) is 4.86. The Bertz CT molecular complexity index is 1310. The number of alkyl halides is 3. The molecule has 0 aliphatic heterocycles. The van der Waals surface area contributed by atoms with Crippen molar-refractivity contribution < 1.29 is 31.2 Å². The number of nitrogens with one attached hydrogen (secondary N) is 3. The second-order valence-corrected chi connectivity index (χ2v) is 9.06. The van der Waals surface area contributed by atoms with Gasteiger partial charge in [-0.2, -0.15) is 13.2 Å². The lowest BCUT2D eigenvalue weighted by atomic mass is 10.1. The smallest absolute Gasteiger partial charge is 0.280 e. The first-order valence-corrected chi connectivity index (χ1v) is 11.4. The largest absolute Gasteiger partial charge is 0.416 e. The normalized spacial score (nSPS) is 11.5. The molecule has 0 heterocycles. The van der Waals surface area contributed by atoms with Gasteiger partial charge in [-0.3, -0.25) is 25.2 Å². The molecule has 0 bridgehead atoms. The Hall–Kier alpha value is -3.86. The van der Waals surface area contributed by atoms with Gasteiger partial charge in [0.05, 0.1) is 16.9 Å². The molecule has 0 saturated carbocycles. The summed E-state index contributed by atoms with van der Waals surface area (Å²) in [7, 11) is -4.29. The number of benzene rings is 3. The fraction of sp³-hybridized carbons (Fsp3) is 0.130. The summed E-state index contributed by atoms with van der Waals surface area (Å²) in [5.74, 6) is -1.25. The molecule has 2 amide bonds. The van der Waals surface area contributed by atoms with E-state index in [-0.39, 0.29) is 22.6 Å². The zero-order chi connectivity index (χ0) is 24.9. The van der Waals surface area contributed by atoms with Gasteiger partial charge in [0.15, 0.2) is 0 Å². The molecule has 0 fully saturated rings. The number of aryl methyl sites for hydroxylation is 1. The first kappa shape index (κ1) is 24.8. The number of carbonyl (C=O) groups is 2. The van der Waals surface area contributed by atoms with Gasteiger partial charge in [0.2, 0.25) is 5.91 Å². The fourth-order valence-corrected chi connectivity index (χ4v) is 4.01. The molecule has 3 aromatic rings. The minimum absolute atomic E-state index is 0.0237. The van der Waals surface area contributed by atoms with E-state index in [0.29, 0.717) is 6.07 Å². The second kappa shape index (κ2) is 9.96. The number of sulfonamides is 1. The molecule has 0 aromatic heterocycles. The maximum Gasteiger partial charge on any atom is 0.416 e. The number of anilines is 1. The van der Waals surface area contributed by atoms with Crippen LogP contribution in [0.3, 0.4) is 0 Å². The zero-order valence-corrected chi connectivity index (χ0v) is 18.6. The van der Waals surface area contributed by atoms with Crippen LogP contribution in [0.4, 0.5) is 18.9 Å². The number of amides is 2. The number of hydrogen-bond donors (Lipinski definition) is 3. The fourth-order valence-electron chi connectivity index (χ4n) is 2.91. The van der Waals surface area contributed by atoms with Gasteiger partial charge in [-0.05, 0) is 48.9 Å². The molecule has 0 aliphatic carbocycles. The molecule has 11 heteroatoms. The maximum atomic E-state index is 12.9. The summed E-state index contributed by atoms with van der Waals surface area (Å²) in [6.45, 7) is 1.91. The molecule has 0 spiro atoms. The number of halogens is 3. The van der Waals surface area contributed by atoms with Crippen LogP contribution in [0.2, 0.25) is 0 Å². The molecule has 178 valence electrons. The van der Waals surface area contributed by atoms with Crippen molar-refractivity contribution in [2.45, 2.75) is 24.4 Å². The lowest BCUT2D eigenvalue weighted by Crippen LogP contribution is -2.42. The summed E-state index contributed by atoms with van der Waals surface area (Å²) in [6.07, 6.45) is -4.61. The van der Waals surface area contributed by atoms with Crippen molar-refractivity contribution in [2.75, 3.05) is 4.72 Å². The van der Waals surface area contributed by atoms with Crippen LogP contribution < -0.4 is 15.6 Å². The molecule has 0 unspecified atom stereocenters. The first-order valence-electron chi connectivity index (χ1n) is 9.89. The van der Waals surface area contributed by atoms with Gasteiger partial charge in [0, 0.05) is 11.3 Å². The van der Waals surface area contributed by atoms with Crippen LogP contribution in [0.1, 0.15) is 27.0 Å². The van der Waals surface area contributed by atoms with Gasteiger partial charge in [-0.1, -0.05) is 42.0 Å². The molecular formula is C23H20F3N3O4S. The molecule has 0 aliphatic rings. The topological polar surface area (TPSA) is 104 Å². The maximum absolute atomic E-state index is 12.9. The van der Waals surface area contributed by atoms with Crippen LogP contribution in [0, 0.1) is 6.92 Å². The van der Waals surface area contributed by atoms with E-state index in [4.69, 9.17) is 0 Å². The predicted molar refractivity (Wildman–Crippen MR) is 119 cm³/mol. The third kappa shape index (κ3) is 6.58. The third-order valence-corrected chi connectivity index (χ3v) is 6.03. The van der Waals surface area contributed by atoms with Crippen molar-refractivity contribution in [3.8, 4) is 0 Å². The van der Waals surface area contributed by atoms with Gasteiger partial charge >= 0.3 is 6.18 Å². The van der Waals surface area contributed by atoms with E-state index in [1.54, 1.807) is 12.1 Å². The van der Waals surface area contributed by atoms with Crippen LogP contribution in [-0.2, 0) is 27.4 Å². The average molecular weight is 491 g/mol. The van der Waals surface area contributed by atoms with E-state index in [9.17, 15) is 31.2 Å². The minimum atomic E-state index is -4.64. The van der Waals surface area contributed by atoms with Crippen LogP contribution >= 0.6 is 0 Å². The first-order chi connectivity index (χ1) is 15.9. The van der Waals surface area contributed by atoms with E-state index in [2.05, 4.69) is 15.6 Å². The third-order valence-electron chi connectivity index (χ3n) is 4.65. The summed E-state index contributed by atoms with van der Waals surface area (Å²) in [6, 6.07) is 15.8. The zero-order valence-electron chi connectivity index (χ0n) is 17.8. The highest BCUT2D eigenvalue weighted by Gasteiger charge is 2.30. The van der Waals surface area contributed by atoms with Crippen molar-refractivity contribution in [3.63, 3.8) is 0 Å². The average Bonchev–Trinajstić information content (AvgIpc) is 2.78. The predicted octanol–water partition coefficient (Wildman–Crippen LogP) is 3.82. The van der Waals surface area contributed by atoms with Gasteiger partial charge in [-0.25, -0.2) is 8.42 Å². The molecule has 3 aromatic carbocycles. The SMILES string of the molecule is Cc1ccc(CC(=O)NNC(=O)c2cccc(S(=O)(=O)Nc3cccc(C(F)(F)F)c3)c2)cc1. The second-order valence-electron chi connectivity index (χ2n) is 7.38. The van der Waals surface area contributed by atoms with Gasteiger partial charge in [0.25, 0.3) is 15.9 Å². The highest BCUT2D eigenvalue weighted by atomic mass is 32.2. The number of hydrazine groups is 1. The molecular weight excluding hydrogens is 471 g/mol. The van der Waals surface area contributed by atoms with E-state index in [1.807, 2.05) is 19.1 Å². The standard InChI is InChI=1S/C23H20F3N3O4S/c1-15-8-10-16(11-9-15)12-21(30)27-28-22(31)17-4-2-7-20(13-17)34(32,33)29-19-6-3-5-18(14-19)23(24,25)26/h2-11,13-14,29H,12H2,1H3,(H,27,30)(H,28,31). The Morgan fingerprint density at radius 3 is 2.24 bits per heavy atom. The lowest BCUT2D eigenvalue weighted by molar-refractivity contribution is -0.137. The molecule has 0 saturated heterocycles. The number of hydrogen-bond acceptors (Lipinski definition) is 4. The summed E-state index contributed by atoms with van der Waals surface area (Å²) < 4.78 is 66.0. The molecule has 3 rings (SSSR count). The minimum Gasteiger partial charge on any atom is -0.280 e. The summed E-state index contributed by atoms with van der Waals surface area (Å²) >= 11 is 0. The Labute approximate surface area is 194 Å². The summed E-state index contributed by atoms with van der Waals surface area (Å²) in [5, 5.41) is 0. The Balaban J connectivity index is 1.66. The van der Waals surface area contributed by atoms with Crippen molar-refractivity contribution in [1.82, 2.24) is 10.9 Å². The highest BCUT2D eigenvalue weighted by molar-refractivity contribution is 7.92. The van der Waals surface area contributed by atoms with Gasteiger partial charge in [0.1, 0.15) is 0 Å². The van der Waals surface area contributed by atoms with Crippen molar-refractivity contribution in [2.24, 2.45) is 0 Å². The van der Waals surface area contributed by atoms with E-state index in [1.165, 1.54) is 24.3 Å². The van der Waals surface area contributed by atoms with E-state index >= 15 is 0 Å². The molecule has 0 radical (unpaired) electrons. The van der Waals surface area contributed by atoms with Crippen molar-refractivity contribution in [1.29, 1.82) is 0 Å². The van der Waals surface area contributed by atoms with Crippen molar-refractivity contribution in [3.05, 3.63) is 95.1 Å². The Kier molecular flexibility index (Phi) is 7.26. The molecule has 34 heavy (non-hydrogen) atoms. The Morgan fingerprint density at radius 2 is 1.56 bits per heavy atom. The molecule has 0 atom stereocenters. The van der Waals surface area contributed by atoms with Crippen LogP contribution in [0.5, 0.6) is 0 Å². The van der Waals surface area contributed by atoms with Crippen LogP contribution in [-0.4, -0.2) is 20.2 Å². The van der Waals surface area contributed by atoms with Crippen LogP contribution in [0.25, 0.3) is 0 Å². The van der Waals surface area contributed by atoms with E-state index < -0.39 is 33.6 Å². The number of carbonyl (C=O) groups excluding carboxylic acids is 2. The Morgan fingerprint density at radius 1 is 0.882 bits per heavy atom. The van der Waals surface area contributed by atoms with Gasteiger partial charge in [-0.15, -0.1) is 0 Å². The monoisotopic (exact) mass is 491 g/mol. The highest BCUT2D eigenvalue weighted by Crippen LogP contribution is 2.31. The van der Waals surface area contributed by atoms with Crippen LogP contribution in [0.15, 0.2) is 77.7 Å². The molecule has 3 N–H and O–H groups in total. The van der Waals surface area contributed by atoms with Gasteiger partial charge < -0.3 is 0 Å². The lowest BCUT2D eigenvalue weighted by Gasteiger charge is -2.12. The summed E-state index contributed by atoms with van der Waals surface area (Å²) in [4.78, 5) is 24.1. The molecule has 7 nitrogen and oxygen atoms in total. The number of rotatable bonds is 6. The quantitative estimate of drug-likeness (QED) is 0.456. The van der Waals surface area contributed by atoms with E-state index in [0.717, 1.165) is 29.3 Å².